The molecule has 0 aromatic rings. The number of hydrogen-bond acceptors (Lipinski definition) is 5. The van der Waals surface area contributed by atoms with Gasteiger partial charge >= 0.3 is 5.97 Å². The minimum Gasteiger partial charge on any atom is -0.466 e. The fourth-order valence-corrected chi connectivity index (χ4v) is 10.7. The summed E-state index contributed by atoms with van der Waals surface area (Å²) < 4.78 is 5.47. The van der Waals surface area contributed by atoms with Crippen molar-refractivity contribution < 1.29 is 24.5 Å². The summed E-state index contributed by atoms with van der Waals surface area (Å²) in [4.78, 5) is 24.5. The van der Waals surface area contributed by atoms with Crippen LogP contribution in [0.4, 0.5) is 0 Å². The average Bonchev–Trinajstić information content (AvgIpc) is 3.41. The Morgan fingerprint density at radius 2 is 0.627 bits per heavy atom. The third-order valence-corrected chi connectivity index (χ3v) is 16.0. The molecule has 0 aromatic heterocycles. The molecular formula is C69H133NO5. The van der Waals surface area contributed by atoms with Gasteiger partial charge in [0.25, 0.3) is 0 Å². The first kappa shape index (κ1) is 73.3. The van der Waals surface area contributed by atoms with Gasteiger partial charge in [-0.15, -0.1) is 0 Å². The molecule has 2 atom stereocenters. The van der Waals surface area contributed by atoms with Crippen LogP contribution in [0.25, 0.3) is 0 Å². The first-order valence-electron chi connectivity index (χ1n) is 34.1. The van der Waals surface area contributed by atoms with E-state index in [9.17, 15) is 19.8 Å². The summed E-state index contributed by atoms with van der Waals surface area (Å²) in [6, 6.07) is -0.626. The molecule has 0 aliphatic heterocycles. The van der Waals surface area contributed by atoms with E-state index in [1.807, 2.05) is 6.08 Å². The van der Waals surface area contributed by atoms with E-state index in [4.69, 9.17) is 4.74 Å². The summed E-state index contributed by atoms with van der Waals surface area (Å²) >= 11 is 0. The van der Waals surface area contributed by atoms with Gasteiger partial charge in [-0.3, -0.25) is 9.59 Å². The quantitative estimate of drug-likeness (QED) is 0.0320. The number of hydrogen-bond donors (Lipinski definition) is 3. The molecule has 0 aliphatic rings. The van der Waals surface area contributed by atoms with Gasteiger partial charge in [0.1, 0.15) is 0 Å². The van der Waals surface area contributed by atoms with Gasteiger partial charge in [-0.2, -0.15) is 0 Å². The molecule has 0 spiro atoms. The highest BCUT2D eigenvalue weighted by Crippen LogP contribution is 2.18. The molecule has 2 unspecified atom stereocenters. The number of rotatable bonds is 64. The Hall–Kier alpha value is -1.66. The minimum absolute atomic E-state index is 0.0175. The highest BCUT2D eigenvalue weighted by atomic mass is 16.5. The van der Waals surface area contributed by atoms with Crippen molar-refractivity contribution in [2.24, 2.45) is 0 Å². The van der Waals surface area contributed by atoms with Gasteiger partial charge in [-0.1, -0.05) is 334 Å². The summed E-state index contributed by atoms with van der Waals surface area (Å²) in [5, 5.41) is 23.2. The number of esters is 1. The lowest BCUT2D eigenvalue weighted by Crippen LogP contribution is -2.45. The maximum Gasteiger partial charge on any atom is 0.305 e. The van der Waals surface area contributed by atoms with Crippen LogP contribution in [-0.4, -0.2) is 47.4 Å². The van der Waals surface area contributed by atoms with Crippen LogP contribution in [-0.2, 0) is 14.3 Å². The van der Waals surface area contributed by atoms with Gasteiger partial charge in [0, 0.05) is 12.8 Å². The maximum absolute atomic E-state index is 12.5. The second-order valence-electron chi connectivity index (χ2n) is 23.5. The molecule has 3 N–H and O–H groups in total. The Morgan fingerprint density at radius 1 is 0.360 bits per heavy atom. The van der Waals surface area contributed by atoms with Crippen molar-refractivity contribution in [1.82, 2.24) is 5.32 Å². The Labute approximate surface area is 469 Å². The summed E-state index contributed by atoms with van der Waals surface area (Å²) in [6.45, 7) is 4.93. The zero-order valence-corrected chi connectivity index (χ0v) is 50.8. The van der Waals surface area contributed by atoms with Crippen molar-refractivity contribution in [1.29, 1.82) is 0 Å². The fourth-order valence-electron chi connectivity index (χ4n) is 10.7. The van der Waals surface area contributed by atoms with Crippen LogP contribution in [0, 0.1) is 0 Å². The topological polar surface area (TPSA) is 95.9 Å². The number of amides is 1. The second kappa shape index (κ2) is 64.9. The molecule has 6 heteroatoms. The van der Waals surface area contributed by atoms with Crippen LogP contribution in [0.5, 0.6) is 0 Å². The van der Waals surface area contributed by atoms with Crippen LogP contribution in [0.2, 0.25) is 0 Å². The molecule has 0 radical (unpaired) electrons. The minimum atomic E-state index is -0.842. The van der Waals surface area contributed by atoms with Gasteiger partial charge in [0.2, 0.25) is 5.91 Å². The smallest absolute Gasteiger partial charge is 0.305 e. The second-order valence-corrected chi connectivity index (χ2v) is 23.5. The van der Waals surface area contributed by atoms with Gasteiger partial charge in [0.05, 0.1) is 25.4 Å². The lowest BCUT2D eigenvalue weighted by Gasteiger charge is -2.20. The van der Waals surface area contributed by atoms with Crippen molar-refractivity contribution in [2.75, 3.05) is 13.2 Å². The molecule has 444 valence electrons. The zero-order valence-electron chi connectivity index (χ0n) is 50.8. The molecule has 6 nitrogen and oxygen atoms in total. The number of carbonyl (C=O) groups excluding carboxylic acids is 2. The van der Waals surface area contributed by atoms with E-state index < -0.39 is 12.1 Å². The van der Waals surface area contributed by atoms with Crippen LogP contribution < -0.4 is 5.32 Å². The number of aliphatic hydroxyl groups is 2. The van der Waals surface area contributed by atoms with Crippen molar-refractivity contribution in [3.8, 4) is 0 Å². The van der Waals surface area contributed by atoms with E-state index in [2.05, 4.69) is 31.3 Å². The maximum atomic E-state index is 12.5. The van der Waals surface area contributed by atoms with E-state index in [0.717, 1.165) is 38.5 Å². The monoisotopic (exact) mass is 1060 g/mol. The highest BCUT2D eigenvalue weighted by Gasteiger charge is 2.18. The summed E-state index contributed by atoms with van der Waals surface area (Å²) in [5.74, 6) is -0.0457. The molecule has 0 heterocycles. The summed E-state index contributed by atoms with van der Waals surface area (Å²) in [6.07, 6.45) is 81.1. The summed E-state index contributed by atoms with van der Waals surface area (Å²) in [5.41, 5.74) is 0. The number of nitrogens with one attached hydrogen (secondary N) is 1. The number of allylic oxidation sites excluding steroid dienone is 3. The number of carbonyl (C=O) groups is 2. The third kappa shape index (κ3) is 61.4. The van der Waals surface area contributed by atoms with Gasteiger partial charge in [-0.25, -0.2) is 0 Å². The van der Waals surface area contributed by atoms with Crippen molar-refractivity contribution in [2.45, 2.75) is 392 Å². The molecule has 0 fully saturated rings. The van der Waals surface area contributed by atoms with Crippen LogP contribution in [0.3, 0.4) is 0 Å². The predicted octanol–water partition coefficient (Wildman–Crippen LogP) is 21.8. The van der Waals surface area contributed by atoms with E-state index in [1.165, 1.54) is 315 Å². The predicted molar refractivity (Wildman–Crippen MR) is 329 cm³/mol. The average molecular weight is 1060 g/mol. The van der Waals surface area contributed by atoms with Crippen molar-refractivity contribution in [3.05, 3.63) is 24.3 Å². The van der Waals surface area contributed by atoms with Gasteiger partial charge in [-0.05, 0) is 57.8 Å². The normalized spacial score (nSPS) is 12.6. The Balaban J connectivity index is 3.38. The molecule has 75 heavy (non-hydrogen) atoms. The molecule has 1 amide bonds. The highest BCUT2D eigenvalue weighted by molar-refractivity contribution is 5.76. The Morgan fingerprint density at radius 3 is 0.947 bits per heavy atom. The Bertz CT molecular complexity index is 1170. The number of ether oxygens (including phenoxy) is 1. The largest absolute Gasteiger partial charge is 0.466 e. The van der Waals surface area contributed by atoms with Gasteiger partial charge in [0.15, 0.2) is 0 Å². The number of unbranched alkanes of at least 4 members (excludes halogenated alkanes) is 51. The third-order valence-electron chi connectivity index (χ3n) is 16.0. The van der Waals surface area contributed by atoms with E-state index >= 15 is 0 Å². The molecular weight excluding hydrogens is 923 g/mol. The van der Waals surface area contributed by atoms with Crippen molar-refractivity contribution in [3.63, 3.8) is 0 Å². The molecule has 0 rings (SSSR count). The first-order chi connectivity index (χ1) is 37.0. The van der Waals surface area contributed by atoms with Crippen LogP contribution in [0.15, 0.2) is 24.3 Å². The van der Waals surface area contributed by atoms with E-state index in [0.29, 0.717) is 19.4 Å². The standard InChI is InChI=1S/C69H133NO5/c1-3-5-7-9-11-13-15-16-17-35-38-42-45-49-53-57-61-67(72)66(65-71)70-68(73)62-58-54-50-46-43-39-36-33-31-29-27-25-23-21-19-18-20-22-24-26-28-30-32-34-37-40-44-48-52-56-60-64-75-69(74)63-59-55-51-47-41-14-12-10-8-6-4-2/h20,22,57,61,66-67,71-72H,3-19,21,23-56,58-60,62-65H2,1-2H3,(H,70,73)/b22-20-,61-57+. The summed E-state index contributed by atoms with van der Waals surface area (Å²) in [7, 11) is 0. The molecule has 0 saturated carbocycles. The fraction of sp³-hybridized carbons (Fsp3) is 0.913. The van der Waals surface area contributed by atoms with E-state index in [1.54, 1.807) is 6.08 Å². The van der Waals surface area contributed by atoms with Crippen LogP contribution >= 0.6 is 0 Å². The zero-order chi connectivity index (χ0) is 54.3. The van der Waals surface area contributed by atoms with E-state index in [-0.39, 0.29) is 18.5 Å². The lowest BCUT2D eigenvalue weighted by molar-refractivity contribution is -0.143. The SMILES string of the molecule is CCCCCCCCCCCCCCCC/C=C/C(O)C(CO)NC(=O)CCCCCCCCCCCCCCCCC/C=C\CCCCCCCCCCCCCCOC(=O)CCCCCCCCCCCCC. The lowest BCUT2D eigenvalue weighted by atomic mass is 10.0. The van der Waals surface area contributed by atoms with Crippen molar-refractivity contribution >= 4 is 11.9 Å². The first-order valence-corrected chi connectivity index (χ1v) is 34.1. The number of aliphatic hydroxyl groups excluding tert-OH is 2. The molecule has 0 aromatic carbocycles. The molecule has 0 saturated heterocycles. The Kier molecular flexibility index (Phi) is 63.4. The molecule has 0 bridgehead atoms. The molecule has 0 aliphatic carbocycles. The van der Waals surface area contributed by atoms with Crippen LogP contribution in [0.1, 0.15) is 380 Å². The van der Waals surface area contributed by atoms with Gasteiger partial charge < -0.3 is 20.3 Å².